The maximum Gasteiger partial charge on any atom is 0.329 e. The van der Waals surface area contributed by atoms with Gasteiger partial charge in [0.2, 0.25) is 5.91 Å². The number of carbonyl (C=O) groups is 4. The molecule has 2 aliphatic heterocycles. The molecular weight excluding hydrogens is 850 g/mol. The molecule has 0 bridgehead atoms. The van der Waals surface area contributed by atoms with E-state index < -0.39 is 90.9 Å². The van der Waals surface area contributed by atoms with Crippen molar-refractivity contribution in [1.29, 1.82) is 0 Å². The number of terminal acetylenes is 1. The topological polar surface area (TPSA) is 189 Å². The average molecular weight is 930 g/mol. The molecule has 2 saturated heterocycles. The summed E-state index contributed by atoms with van der Waals surface area (Å²) in [4.78, 5) is 56.5. The summed E-state index contributed by atoms with van der Waals surface area (Å²) < 4.78 is 38.1. The van der Waals surface area contributed by atoms with Crippen molar-refractivity contribution in [3.05, 3.63) is 48.1 Å². The molecule has 0 aromatic carbocycles. The Balaban J connectivity index is 1.73. The molecule has 13 nitrogen and oxygen atoms in total. The van der Waals surface area contributed by atoms with Gasteiger partial charge in [0, 0.05) is 50.2 Å². The summed E-state index contributed by atoms with van der Waals surface area (Å²) in [7, 11) is 1.34. The molecule has 0 radical (unpaired) electrons. The van der Waals surface area contributed by atoms with Gasteiger partial charge in [-0.1, -0.05) is 71.6 Å². The fraction of sp³-hybridized carbons (Fsp3) is 0.731. The molecule has 14 heteroatoms. The maximum atomic E-state index is 14.6. The molecule has 3 rings (SSSR count). The number of carbonyl (C=O) groups excluding carboxylic acids is 4. The molecule has 0 spiro atoms. The number of hydrogen-bond donors (Lipinski definition) is 4. The van der Waals surface area contributed by atoms with E-state index in [0.29, 0.717) is 63.4 Å². The first kappa shape index (κ1) is 56.8. The van der Waals surface area contributed by atoms with E-state index in [0.717, 1.165) is 5.57 Å². The fourth-order valence-electron chi connectivity index (χ4n) is 9.41. The third-order valence-electron chi connectivity index (χ3n) is 14.0. The van der Waals surface area contributed by atoms with E-state index in [4.69, 9.17) is 25.4 Å². The highest BCUT2D eigenvalue weighted by atomic mass is 19.1. The van der Waals surface area contributed by atoms with Crippen LogP contribution in [-0.2, 0) is 38.1 Å². The number of nitrogens with zero attached hydrogens (tertiary/aromatic N) is 1. The van der Waals surface area contributed by atoms with Crippen LogP contribution in [0.25, 0.3) is 0 Å². The number of alkyl halides is 1. The Labute approximate surface area is 393 Å². The number of allylic oxidation sites excluding steroid dienone is 5. The number of piperidine rings is 1. The monoisotopic (exact) mass is 930 g/mol. The summed E-state index contributed by atoms with van der Waals surface area (Å²) in [5.41, 5.74) is 1.09. The predicted octanol–water partition coefficient (Wildman–Crippen LogP) is 6.55. The molecule has 4 N–H and O–H groups in total. The van der Waals surface area contributed by atoms with Crippen LogP contribution < -0.4 is 0 Å². The van der Waals surface area contributed by atoms with E-state index >= 15 is 0 Å². The van der Waals surface area contributed by atoms with Gasteiger partial charge in [0.1, 0.15) is 49.5 Å². The Bertz CT molecular complexity index is 1740. The first-order valence-corrected chi connectivity index (χ1v) is 24.0. The highest BCUT2D eigenvalue weighted by Crippen LogP contribution is 2.36. The molecule has 66 heavy (non-hydrogen) atoms. The summed E-state index contributed by atoms with van der Waals surface area (Å²) in [6.07, 6.45) is 11.8. The van der Waals surface area contributed by atoms with E-state index in [2.05, 4.69) is 12.5 Å². The highest BCUT2D eigenvalue weighted by molar-refractivity contribution is 5.87. The minimum Gasteiger partial charge on any atom is -0.460 e. The normalized spacial score (nSPS) is 29.1. The van der Waals surface area contributed by atoms with Crippen LogP contribution in [0.2, 0.25) is 0 Å². The standard InChI is InChI=1S/C52H80FNO12/c1-11-13-14-17-33(4)44(56)28-40-21-19-38(9)52(62,66-40)31-64-30-47(58)54-23-16-15-18-42(54)51(61)65-46(35(6)26-39-20-22-43(55)41(53)27-39)29-45(57)34(5)25-37(8)49(60)50(63-10)48(59)36(7)24-32(3)12-2/h2,11,13-14,17,25,32,34-36,38-44,46,49-50,55-56,60,62H,1,15-16,18-24,26-31H2,3-10H3/b14-13+,33-17+,37-25+/t32-,34+,35+,36+,38+,39-,40-,41+,42-,43+,44-,46-,49+,50-,52-/m0/s1. The Morgan fingerprint density at radius 1 is 1.02 bits per heavy atom. The van der Waals surface area contributed by atoms with Crippen LogP contribution in [0.1, 0.15) is 126 Å². The van der Waals surface area contributed by atoms with Crippen molar-refractivity contribution < 1.29 is 62.9 Å². The lowest BCUT2D eigenvalue weighted by Crippen LogP contribution is -2.53. The van der Waals surface area contributed by atoms with E-state index in [-0.39, 0.29) is 61.7 Å². The van der Waals surface area contributed by atoms with Crippen LogP contribution in [0, 0.1) is 47.9 Å². The zero-order chi connectivity index (χ0) is 49.3. The molecule has 1 amide bonds. The van der Waals surface area contributed by atoms with Crippen molar-refractivity contribution in [3.8, 4) is 12.3 Å². The molecule has 3 fully saturated rings. The first-order valence-electron chi connectivity index (χ1n) is 24.0. The predicted molar refractivity (Wildman–Crippen MR) is 250 cm³/mol. The Hall–Kier alpha value is -3.55. The number of rotatable bonds is 25. The van der Waals surface area contributed by atoms with Crippen LogP contribution in [0.3, 0.4) is 0 Å². The number of halogens is 1. The fourth-order valence-corrected chi connectivity index (χ4v) is 9.41. The third-order valence-corrected chi connectivity index (χ3v) is 14.0. The van der Waals surface area contributed by atoms with E-state index in [1.807, 2.05) is 27.7 Å². The van der Waals surface area contributed by atoms with Crippen molar-refractivity contribution in [1.82, 2.24) is 4.90 Å². The summed E-state index contributed by atoms with van der Waals surface area (Å²) in [6.45, 7) is 15.5. The van der Waals surface area contributed by atoms with E-state index in [1.165, 1.54) is 12.0 Å². The van der Waals surface area contributed by atoms with Crippen molar-refractivity contribution >= 4 is 23.4 Å². The van der Waals surface area contributed by atoms with Crippen molar-refractivity contribution in [3.63, 3.8) is 0 Å². The summed E-state index contributed by atoms with van der Waals surface area (Å²) in [6, 6.07) is -0.958. The minimum atomic E-state index is -1.70. The number of methoxy groups -OCH3 is 1. The highest BCUT2D eigenvalue weighted by Gasteiger charge is 2.43. The average Bonchev–Trinajstić information content (AvgIpc) is 3.28. The van der Waals surface area contributed by atoms with Gasteiger partial charge < -0.3 is 44.3 Å². The van der Waals surface area contributed by atoms with Crippen LogP contribution in [0.5, 0.6) is 0 Å². The van der Waals surface area contributed by atoms with Gasteiger partial charge in [0.25, 0.3) is 0 Å². The number of likely N-dealkylation sites (tertiary alicyclic amines) is 1. The van der Waals surface area contributed by atoms with Crippen LogP contribution in [0.15, 0.2) is 48.1 Å². The number of ether oxygens (including phenoxy) is 4. The Kier molecular flexibility index (Phi) is 23.6. The van der Waals surface area contributed by atoms with Gasteiger partial charge in [-0.05, 0) is 101 Å². The molecule has 15 atom stereocenters. The van der Waals surface area contributed by atoms with E-state index in [9.17, 15) is 44.0 Å². The van der Waals surface area contributed by atoms with Gasteiger partial charge >= 0.3 is 5.97 Å². The lowest BCUT2D eigenvalue weighted by molar-refractivity contribution is -0.301. The second-order valence-electron chi connectivity index (χ2n) is 19.5. The number of aliphatic hydroxyl groups excluding tert-OH is 3. The zero-order valence-electron chi connectivity index (χ0n) is 40.7. The largest absolute Gasteiger partial charge is 0.460 e. The molecule has 3 aliphatic rings. The smallest absolute Gasteiger partial charge is 0.329 e. The van der Waals surface area contributed by atoms with Crippen LogP contribution in [-0.4, -0.2) is 130 Å². The van der Waals surface area contributed by atoms with Gasteiger partial charge in [-0.25, -0.2) is 9.18 Å². The molecular formula is C52H80FNO12. The van der Waals surface area contributed by atoms with Gasteiger partial charge in [0.05, 0.1) is 18.3 Å². The van der Waals surface area contributed by atoms with Crippen molar-refractivity contribution in [2.24, 2.45) is 35.5 Å². The number of esters is 1. The van der Waals surface area contributed by atoms with Gasteiger partial charge in [-0.3, -0.25) is 14.4 Å². The quantitative estimate of drug-likeness (QED) is 0.0335. The molecule has 2 heterocycles. The number of amides is 1. The summed E-state index contributed by atoms with van der Waals surface area (Å²) in [5, 5.41) is 43.5. The van der Waals surface area contributed by atoms with Crippen LogP contribution in [0.4, 0.5) is 4.39 Å². The number of ketones is 2. The molecule has 372 valence electrons. The molecule has 0 unspecified atom stereocenters. The van der Waals surface area contributed by atoms with Gasteiger partial charge in [-0.2, -0.15) is 0 Å². The zero-order valence-corrected chi connectivity index (χ0v) is 40.7. The van der Waals surface area contributed by atoms with Gasteiger partial charge in [0.15, 0.2) is 11.6 Å². The Morgan fingerprint density at radius 3 is 2.38 bits per heavy atom. The van der Waals surface area contributed by atoms with Gasteiger partial charge in [-0.15, -0.1) is 12.3 Å². The number of aliphatic hydroxyl groups is 4. The lowest BCUT2D eigenvalue weighted by atomic mass is 9.79. The van der Waals surface area contributed by atoms with Crippen LogP contribution >= 0.6 is 0 Å². The molecule has 0 aromatic heterocycles. The molecule has 1 aliphatic carbocycles. The first-order chi connectivity index (χ1) is 31.2. The Morgan fingerprint density at radius 2 is 1.73 bits per heavy atom. The number of Topliss-reactive ketones (excluding diaryl/α,β-unsaturated/α-hetero) is 2. The molecule has 1 saturated carbocycles. The second-order valence-corrected chi connectivity index (χ2v) is 19.5. The SMILES string of the molecule is C#C[C@H](C)C[C@@H](C)C(=O)[C@H](OC)[C@H](O)/C(C)=C/[C@@H](C)C(=O)C[C@H](OC(=O)[C@@H]1CCCCN1C(=O)COC[C@]1(O)O[C@H](C[C@H](O)/C(C)=C/C=C/C=C)CC[C@H]1C)[C@H](C)C[C@@H]1CC[C@@H](O)[C@H](F)C1. The second kappa shape index (κ2) is 27.4. The van der Waals surface area contributed by atoms with Crippen molar-refractivity contribution in [2.75, 3.05) is 26.9 Å². The summed E-state index contributed by atoms with van der Waals surface area (Å²) >= 11 is 0. The van der Waals surface area contributed by atoms with E-state index in [1.54, 1.807) is 51.2 Å². The minimum absolute atomic E-state index is 0.111. The summed E-state index contributed by atoms with van der Waals surface area (Å²) in [5.74, 6) is -3.05. The third kappa shape index (κ3) is 16.9. The maximum absolute atomic E-state index is 14.6. The van der Waals surface area contributed by atoms with Crippen molar-refractivity contribution in [2.45, 2.75) is 180 Å². The number of hydrogen-bond acceptors (Lipinski definition) is 12. The molecule has 0 aromatic rings. The lowest BCUT2D eigenvalue weighted by Gasteiger charge is -2.42.